The van der Waals surface area contributed by atoms with Crippen LogP contribution in [0.4, 0.5) is 19.0 Å². The van der Waals surface area contributed by atoms with Gasteiger partial charge in [0.1, 0.15) is 0 Å². The van der Waals surface area contributed by atoms with Crippen molar-refractivity contribution in [1.29, 1.82) is 0 Å². The molecular weight excluding hydrogens is 249 g/mol. The summed E-state index contributed by atoms with van der Waals surface area (Å²) in [5.74, 6) is 0.558. The van der Waals surface area contributed by atoms with Crippen LogP contribution in [0.5, 0.6) is 5.75 Å². The molecule has 1 heterocycles. The van der Waals surface area contributed by atoms with Crippen LogP contribution in [-0.2, 0) is 0 Å². The van der Waals surface area contributed by atoms with Gasteiger partial charge in [-0.25, -0.2) is 4.98 Å². The van der Waals surface area contributed by atoms with E-state index in [1.54, 1.807) is 12.1 Å². The fraction of sp³-hybridized carbons (Fsp3) is 0.545. The fourth-order valence-electron chi connectivity index (χ4n) is 1.16. The molecular formula is C11H15F3N2O2. The average Bonchev–Trinajstić information content (AvgIpc) is 2.33. The molecule has 0 spiro atoms. The van der Waals surface area contributed by atoms with E-state index in [2.05, 4.69) is 10.3 Å². The van der Waals surface area contributed by atoms with E-state index < -0.39 is 18.8 Å². The van der Waals surface area contributed by atoms with Gasteiger partial charge in [0.15, 0.2) is 17.7 Å². The Morgan fingerprint density at radius 1 is 1.50 bits per heavy atom. The summed E-state index contributed by atoms with van der Waals surface area (Å²) in [5, 5.41) is 11.3. The first-order valence-corrected chi connectivity index (χ1v) is 5.51. The lowest BCUT2D eigenvalue weighted by Gasteiger charge is -2.16. The van der Waals surface area contributed by atoms with Gasteiger partial charge >= 0.3 is 6.18 Å². The van der Waals surface area contributed by atoms with Crippen LogP contribution >= 0.6 is 0 Å². The van der Waals surface area contributed by atoms with Crippen LogP contribution in [0.25, 0.3) is 0 Å². The van der Waals surface area contributed by atoms with E-state index >= 15 is 0 Å². The van der Waals surface area contributed by atoms with Crippen LogP contribution in [0.3, 0.4) is 0 Å². The lowest BCUT2D eigenvalue weighted by atomic mass is 10.3. The Morgan fingerprint density at radius 2 is 2.22 bits per heavy atom. The minimum absolute atomic E-state index is 0.189. The number of aliphatic hydroxyl groups excluding tert-OH is 1. The second-order valence-corrected chi connectivity index (χ2v) is 3.64. The number of nitrogens with one attached hydrogen (secondary N) is 1. The van der Waals surface area contributed by atoms with Gasteiger partial charge in [-0.05, 0) is 18.6 Å². The predicted octanol–water partition coefficient (Wildman–Crippen LogP) is 2.21. The zero-order chi connectivity index (χ0) is 13.6. The molecule has 1 unspecified atom stereocenters. The van der Waals surface area contributed by atoms with Crippen molar-refractivity contribution in [3.05, 3.63) is 18.3 Å². The fourth-order valence-corrected chi connectivity index (χ4v) is 1.16. The first kappa shape index (κ1) is 14.6. The second-order valence-electron chi connectivity index (χ2n) is 3.64. The van der Waals surface area contributed by atoms with Crippen molar-refractivity contribution >= 4 is 5.82 Å². The van der Waals surface area contributed by atoms with Crippen LogP contribution in [0, 0.1) is 0 Å². The molecule has 0 saturated carbocycles. The summed E-state index contributed by atoms with van der Waals surface area (Å²) in [6.07, 6.45) is -4.87. The molecule has 7 heteroatoms. The van der Waals surface area contributed by atoms with Gasteiger partial charge in [0.25, 0.3) is 0 Å². The summed E-state index contributed by atoms with van der Waals surface area (Å²) in [6.45, 7) is 1.70. The third-order valence-electron chi connectivity index (χ3n) is 2.07. The van der Waals surface area contributed by atoms with Gasteiger partial charge in [0, 0.05) is 6.20 Å². The van der Waals surface area contributed by atoms with Crippen molar-refractivity contribution in [2.24, 2.45) is 0 Å². The standard InChI is InChI=1S/C11H15F3N2O2/c1-2-6-18-8-4-3-5-15-10(8)16-7-9(17)11(12,13)14/h3-5,9,17H,2,6-7H2,1H3,(H,15,16). The first-order chi connectivity index (χ1) is 8.45. The Labute approximate surface area is 103 Å². The monoisotopic (exact) mass is 264 g/mol. The Kier molecular flexibility index (Phi) is 5.21. The number of alkyl halides is 3. The molecule has 1 aromatic heterocycles. The van der Waals surface area contributed by atoms with Crippen molar-refractivity contribution in [3.63, 3.8) is 0 Å². The van der Waals surface area contributed by atoms with E-state index in [9.17, 15) is 13.2 Å². The van der Waals surface area contributed by atoms with Gasteiger partial charge in [-0.15, -0.1) is 0 Å². The molecule has 0 bridgehead atoms. The maximum atomic E-state index is 12.1. The summed E-state index contributed by atoms with van der Waals surface area (Å²) >= 11 is 0. The Morgan fingerprint density at radius 3 is 2.83 bits per heavy atom. The molecule has 0 saturated heterocycles. The molecule has 4 nitrogen and oxygen atoms in total. The molecule has 2 N–H and O–H groups in total. The lowest BCUT2D eigenvalue weighted by Crippen LogP contribution is -2.35. The third kappa shape index (κ3) is 4.40. The van der Waals surface area contributed by atoms with Gasteiger partial charge in [-0.3, -0.25) is 0 Å². The highest BCUT2D eigenvalue weighted by molar-refractivity contribution is 5.49. The number of aromatic nitrogens is 1. The van der Waals surface area contributed by atoms with Crippen LogP contribution in [-0.4, -0.2) is 35.5 Å². The summed E-state index contributed by atoms with van der Waals surface area (Å²) in [7, 11) is 0. The molecule has 0 amide bonds. The maximum Gasteiger partial charge on any atom is 0.416 e. The second kappa shape index (κ2) is 6.44. The Balaban J connectivity index is 2.61. The predicted molar refractivity (Wildman–Crippen MR) is 60.6 cm³/mol. The maximum absolute atomic E-state index is 12.1. The average molecular weight is 264 g/mol. The number of anilines is 1. The number of ether oxygens (including phenoxy) is 1. The number of hydrogen-bond acceptors (Lipinski definition) is 4. The highest BCUT2D eigenvalue weighted by Crippen LogP contribution is 2.23. The highest BCUT2D eigenvalue weighted by atomic mass is 19.4. The molecule has 0 fully saturated rings. The highest BCUT2D eigenvalue weighted by Gasteiger charge is 2.38. The van der Waals surface area contributed by atoms with Crippen LogP contribution in [0.1, 0.15) is 13.3 Å². The minimum Gasteiger partial charge on any atom is -0.490 e. The molecule has 102 valence electrons. The molecule has 0 aliphatic heterocycles. The Bertz CT molecular complexity index is 372. The number of halogens is 3. The van der Waals surface area contributed by atoms with Crippen LogP contribution in [0.2, 0.25) is 0 Å². The van der Waals surface area contributed by atoms with Crippen molar-refractivity contribution in [3.8, 4) is 5.75 Å². The van der Waals surface area contributed by atoms with E-state index in [1.165, 1.54) is 6.20 Å². The van der Waals surface area contributed by atoms with E-state index in [4.69, 9.17) is 9.84 Å². The molecule has 1 rings (SSSR count). The zero-order valence-electron chi connectivity index (χ0n) is 9.87. The summed E-state index contributed by atoms with van der Waals surface area (Å²) in [5.41, 5.74) is 0. The number of hydrogen-bond donors (Lipinski definition) is 2. The van der Waals surface area contributed by atoms with E-state index in [1.807, 2.05) is 6.92 Å². The SMILES string of the molecule is CCCOc1cccnc1NCC(O)C(F)(F)F. The number of pyridine rings is 1. The summed E-state index contributed by atoms with van der Waals surface area (Å²) in [6, 6.07) is 3.22. The molecule has 0 aliphatic carbocycles. The lowest BCUT2D eigenvalue weighted by molar-refractivity contribution is -0.198. The normalized spacial score (nSPS) is 13.2. The molecule has 1 atom stereocenters. The molecule has 18 heavy (non-hydrogen) atoms. The van der Waals surface area contributed by atoms with Gasteiger partial charge in [-0.2, -0.15) is 13.2 Å². The first-order valence-electron chi connectivity index (χ1n) is 5.51. The molecule has 1 aromatic rings. The topological polar surface area (TPSA) is 54.4 Å². The van der Waals surface area contributed by atoms with Crippen molar-refractivity contribution < 1.29 is 23.0 Å². The van der Waals surface area contributed by atoms with Gasteiger partial charge in [0.05, 0.1) is 13.2 Å². The summed E-state index contributed by atoms with van der Waals surface area (Å²) in [4.78, 5) is 3.87. The van der Waals surface area contributed by atoms with E-state index in [-0.39, 0.29) is 5.82 Å². The van der Waals surface area contributed by atoms with Gasteiger partial charge in [0.2, 0.25) is 0 Å². The summed E-state index contributed by atoms with van der Waals surface area (Å²) < 4.78 is 41.7. The van der Waals surface area contributed by atoms with E-state index in [0.717, 1.165) is 6.42 Å². The van der Waals surface area contributed by atoms with Gasteiger partial charge < -0.3 is 15.2 Å². The van der Waals surface area contributed by atoms with E-state index in [0.29, 0.717) is 12.4 Å². The largest absolute Gasteiger partial charge is 0.490 e. The van der Waals surface area contributed by atoms with Gasteiger partial charge in [-0.1, -0.05) is 6.92 Å². The third-order valence-corrected chi connectivity index (χ3v) is 2.07. The Hall–Kier alpha value is -1.50. The quantitative estimate of drug-likeness (QED) is 0.827. The van der Waals surface area contributed by atoms with Crippen LogP contribution < -0.4 is 10.1 Å². The number of rotatable bonds is 6. The molecule has 0 radical (unpaired) electrons. The van der Waals surface area contributed by atoms with Crippen LogP contribution in [0.15, 0.2) is 18.3 Å². The molecule has 0 aromatic carbocycles. The molecule has 0 aliphatic rings. The zero-order valence-corrected chi connectivity index (χ0v) is 9.87. The number of aliphatic hydroxyl groups is 1. The minimum atomic E-state index is -4.65. The smallest absolute Gasteiger partial charge is 0.416 e. The van der Waals surface area contributed by atoms with Crippen molar-refractivity contribution in [2.75, 3.05) is 18.5 Å². The number of nitrogens with zero attached hydrogens (tertiary/aromatic N) is 1. The van der Waals surface area contributed by atoms with Crippen molar-refractivity contribution in [2.45, 2.75) is 25.6 Å². The van der Waals surface area contributed by atoms with Crippen molar-refractivity contribution in [1.82, 2.24) is 4.98 Å².